The van der Waals surface area contributed by atoms with E-state index in [2.05, 4.69) is 0 Å². The van der Waals surface area contributed by atoms with Crippen LogP contribution in [0.1, 0.15) is 0 Å². The quantitative estimate of drug-likeness (QED) is 0.582. The summed E-state index contributed by atoms with van der Waals surface area (Å²) in [6.45, 7) is 0. The Morgan fingerprint density at radius 3 is 1.00 bits per heavy atom. The van der Waals surface area contributed by atoms with Crippen molar-refractivity contribution in [2.75, 3.05) is 0 Å². The second kappa shape index (κ2) is 7.96. The Balaban J connectivity index is -0.0000000267. The van der Waals surface area contributed by atoms with Crippen molar-refractivity contribution in [1.29, 1.82) is 0 Å². The first-order valence-corrected chi connectivity index (χ1v) is 2.10. The predicted molar refractivity (Wildman–Crippen MR) is 28.7 cm³/mol. The third-order valence-corrected chi connectivity index (χ3v) is 0. The maximum absolute atomic E-state index is 8.74. The standard InChI is InChI=1S/2ClH.Co.H2O4S/c;;;1-5(2,3)4/h2*1H;;(H2,1,2,3,4). The summed E-state index contributed by atoms with van der Waals surface area (Å²) in [5, 5.41) is 0. The van der Waals surface area contributed by atoms with Crippen molar-refractivity contribution in [3.05, 3.63) is 0 Å². The fourth-order valence-corrected chi connectivity index (χ4v) is 0. The third-order valence-electron chi connectivity index (χ3n) is 0. The van der Waals surface area contributed by atoms with E-state index in [0.29, 0.717) is 0 Å². The van der Waals surface area contributed by atoms with Crippen molar-refractivity contribution < 1.29 is 34.3 Å². The van der Waals surface area contributed by atoms with Crippen LogP contribution < -0.4 is 0 Å². The van der Waals surface area contributed by atoms with Gasteiger partial charge in [0, 0.05) is 16.8 Å². The molecular formula is H4Cl2CoO4S. The van der Waals surface area contributed by atoms with E-state index in [1.807, 2.05) is 0 Å². The van der Waals surface area contributed by atoms with Gasteiger partial charge in [-0.2, -0.15) is 8.42 Å². The van der Waals surface area contributed by atoms with Crippen molar-refractivity contribution in [1.82, 2.24) is 0 Å². The molecule has 0 aliphatic carbocycles. The van der Waals surface area contributed by atoms with Crippen molar-refractivity contribution in [3.63, 3.8) is 0 Å². The molecule has 0 aliphatic heterocycles. The van der Waals surface area contributed by atoms with E-state index in [1.54, 1.807) is 0 Å². The molecule has 0 aromatic rings. The third kappa shape index (κ3) is 270. The SMILES string of the molecule is Cl.Cl.O=S(=O)(O)O.[Co]. The monoisotopic (exact) mass is 229 g/mol. The zero-order valence-corrected chi connectivity index (χ0v) is 6.76. The summed E-state index contributed by atoms with van der Waals surface area (Å²) >= 11 is 0. The number of hydrogen-bond donors (Lipinski definition) is 2. The molecule has 0 saturated heterocycles. The van der Waals surface area contributed by atoms with Gasteiger partial charge in [0.15, 0.2) is 0 Å². The molecule has 0 fully saturated rings. The van der Waals surface area contributed by atoms with Crippen LogP contribution in [-0.4, -0.2) is 17.5 Å². The summed E-state index contributed by atoms with van der Waals surface area (Å²) in [7, 11) is -4.67. The summed E-state index contributed by atoms with van der Waals surface area (Å²) in [6, 6.07) is 0. The first-order chi connectivity index (χ1) is 2.00. The Bertz CT molecular complexity index is 97.2. The molecule has 0 spiro atoms. The molecule has 0 saturated carbocycles. The van der Waals surface area contributed by atoms with Crippen LogP contribution in [-0.2, 0) is 27.2 Å². The molecule has 0 unspecified atom stereocenters. The first kappa shape index (κ1) is 23.1. The van der Waals surface area contributed by atoms with Crippen LogP contribution in [0.4, 0.5) is 0 Å². The smallest absolute Gasteiger partial charge is 0.264 e. The van der Waals surface area contributed by atoms with Crippen LogP contribution in [0.5, 0.6) is 0 Å². The van der Waals surface area contributed by atoms with E-state index in [0.717, 1.165) is 0 Å². The molecule has 0 aliphatic rings. The topological polar surface area (TPSA) is 74.6 Å². The molecule has 0 aromatic heterocycles. The second-order valence-electron chi connectivity index (χ2n) is 0.448. The molecule has 0 amide bonds. The average Bonchev–Trinajstić information content (AvgIpc) is 0.722. The van der Waals surface area contributed by atoms with Crippen molar-refractivity contribution >= 4 is 35.2 Å². The fraction of sp³-hybridized carbons (Fsp3) is 0. The Kier molecular flexibility index (Phi) is 23.0. The Labute approximate surface area is 69.6 Å². The molecule has 8 heavy (non-hydrogen) atoms. The van der Waals surface area contributed by atoms with E-state index in [9.17, 15) is 0 Å². The van der Waals surface area contributed by atoms with Crippen LogP contribution in [0, 0.1) is 0 Å². The second-order valence-corrected chi connectivity index (χ2v) is 1.34. The van der Waals surface area contributed by atoms with Crippen molar-refractivity contribution in [2.45, 2.75) is 0 Å². The van der Waals surface area contributed by atoms with Crippen LogP contribution >= 0.6 is 24.8 Å². The maximum Gasteiger partial charge on any atom is 0.394 e. The van der Waals surface area contributed by atoms with Gasteiger partial charge in [0.2, 0.25) is 0 Å². The predicted octanol–water partition coefficient (Wildman–Crippen LogP) is 0.188. The molecule has 4 nitrogen and oxygen atoms in total. The minimum Gasteiger partial charge on any atom is -0.264 e. The summed E-state index contributed by atoms with van der Waals surface area (Å²) in [6.07, 6.45) is 0. The Morgan fingerprint density at radius 2 is 1.00 bits per heavy atom. The van der Waals surface area contributed by atoms with Crippen molar-refractivity contribution in [3.8, 4) is 0 Å². The van der Waals surface area contributed by atoms with Crippen LogP contribution in [0.2, 0.25) is 0 Å². The van der Waals surface area contributed by atoms with Crippen LogP contribution in [0.3, 0.4) is 0 Å². The van der Waals surface area contributed by atoms with E-state index in [4.69, 9.17) is 17.5 Å². The molecule has 0 aromatic carbocycles. The van der Waals surface area contributed by atoms with Gasteiger partial charge in [-0.3, -0.25) is 9.11 Å². The van der Waals surface area contributed by atoms with Gasteiger partial charge >= 0.3 is 10.4 Å². The fourth-order valence-electron chi connectivity index (χ4n) is 0. The first-order valence-electron chi connectivity index (χ1n) is 0.698. The van der Waals surface area contributed by atoms with E-state index >= 15 is 0 Å². The Morgan fingerprint density at radius 1 is 1.00 bits per heavy atom. The molecule has 0 heterocycles. The zero-order valence-electron chi connectivity index (χ0n) is 3.27. The van der Waals surface area contributed by atoms with E-state index in [-0.39, 0.29) is 41.6 Å². The summed E-state index contributed by atoms with van der Waals surface area (Å²) < 4.78 is 31.6. The summed E-state index contributed by atoms with van der Waals surface area (Å²) in [5.74, 6) is 0. The van der Waals surface area contributed by atoms with E-state index < -0.39 is 10.4 Å². The number of hydrogen-bond acceptors (Lipinski definition) is 2. The van der Waals surface area contributed by atoms with E-state index in [1.165, 1.54) is 0 Å². The molecule has 2 N–H and O–H groups in total. The van der Waals surface area contributed by atoms with Gasteiger partial charge in [-0.25, -0.2) is 0 Å². The van der Waals surface area contributed by atoms with Gasteiger partial charge in [0.25, 0.3) is 0 Å². The average molecular weight is 230 g/mol. The molecule has 8 heteroatoms. The largest absolute Gasteiger partial charge is 0.394 e. The van der Waals surface area contributed by atoms with Gasteiger partial charge in [0.1, 0.15) is 0 Å². The summed E-state index contributed by atoms with van der Waals surface area (Å²) in [4.78, 5) is 0. The minimum absolute atomic E-state index is 0. The van der Waals surface area contributed by atoms with Gasteiger partial charge in [-0.1, -0.05) is 0 Å². The molecule has 0 rings (SSSR count). The van der Waals surface area contributed by atoms with Gasteiger partial charge in [0.05, 0.1) is 0 Å². The van der Waals surface area contributed by atoms with Crippen molar-refractivity contribution in [2.24, 2.45) is 0 Å². The molecule has 1 radical (unpaired) electrons. The number of halogens is 2. The number of rotatable bonds is 0. The van der Waals surface area contributed by atoms with Crippen LogP contribution in [0.15, 0.2) is 0 Å². The summed E-state index contributed by atoms with van der Waals surface area (Å²) in [5.41, 5.74) is 0. The van der Waals surface area contributed by atoms with Gasteiger partial charge in [-0.15, -0.1) is 24.8 Å². The molecule has 0 atom stereocenters. The van der Waals surface area contributed by atoms with Gasteiger partial charge < -0.3 is 0 Å². The Hall–Kier alpha value is 0.956. The zero-order chi connectivity index (χ0) is 4.50. The molecular weight excluding hydrogens is 226 g/mol. The van der Waals surface area contributed by atoms with Crippen LogP contribution in [0.25, 0.3) is 0 Å². The molecule has 57 valence electrons. The normalized spacial score (nSPS) is 7.25. The maximum atomic E-state index is 8.74. The minimum atomic E-state index is -4.67. The van der Waals surface area contributed by atoms with Gasteiger partial charge in [-0.05, 0) is 0 Å². The molecule has 0 bridgehead atoms.